The molecule has 2 aromatic rings. The molecule has 0 aliphatic rings. The largest absolute Gasteiger partial charge is 0.444 e. The number of carbonyl (C=O) groups is 2. The number of nitrogens with zero attached hydrogens (tertiary/aromatic N) is 2. The van der Waals surface area contributed by atoms with Crippen molar-refractivity contribution in [3.63, 3.8) is 0 Å². The SMILES string of the molecule is CC(C)(C)OC(=O)Nc1ccc(NC(=O)CCc2ccccn2)cn1. The number of rotatable bonds is 5. The zero-order chi connectivity index (χ0) is 18.3. The highest BCUT2D eigenvalue weighted by Crippen LogP contribution is 2.13. The monoisotopic (exact) mass is 342 g/mol. The Hall–Kier alpha value is -2.96. The number of carbonyl (C=O) groups excluding carboxylic acids is 2. The minimum atomic E-state index is -0.578. The van der Waals surface area contributed by atoms with Crippen LogP contribution < -0.4 is 10.6 Å². The van der Waals surface area contributed by atoms with E-state index >= 15 is 0 Å². The first kappa shape index (κ1) is 18.4. The molecule has 0 saturated carbocycles. The van der Waals surface area contributed by atoms with Crippen LogP contribution in [0.2, 0.25) is 0 Å². The average molecular weight is 342 g/mol. The molecule has 0 aliphatic carbocycles. The summed E-state index contributed by atoms with van der Waals surface area (Å²) in [6.07, 6.45) is 3.50. The summed E-state index contributed by atoms with van der Waals surface area (Å²) >= 11 is 0. The molecule has 7 heteroatoms. The van der Waals surface area contributed by atoms with E-state index in [1.54, 1.807) is 39.1 Å². The minimum absolute atomic E-state index is 0.125. The maximum absolute atomic E-state index is 11.9. The predicted octanol–water partition coefficient (Wildman–Crippen LogP) is 3.39. The van der Waals surface area contributed by atoms with Gasteiger partial charge in [0.15, 0.2) is 0 Å². The highest BCUT2D eigenvalue weighted by atomic mass is 16.6. The molecule has 2 amide bonds. The molecule has 2 N–H and O–H groups in total. The zero-order valence-electron chi connectivity index (χ0n) is 14.6. The van der Waals surface area contributed by atoms with Crippen molar-refractivity contribution in [2.45, 2.75) is 39.2 Å². The van der Waals surface area contributed by atoms with Gasteiger partial charge >= 0.3 is 6.09 Å². The Morgan fingerprint density at radius 3 is 2.48 bits per heavy atom. The third-order valence-corrected chi connectivity index (χ3v) is 3.01. The molecule has 0 aromatic carbocycles. The summed E-state index contributed by atoms with van der Waals surface area (Å²) in [6, 6.07) is 8.87. The van der Waals surface area contributed by atoms with Crippen LogP contribution in [0.15, 0.2) is 42.7 Å². The van der Waals surface area contributed by atoms with Crippen LogP contribution in [0.4, 0.5) is 16.3 Å². The van der Waals surface area contributed by atoms with Crippen molar-refractivity contribution in [3.8, 4) is 0 Å². The Bertz CT molecular complexity index is 709. The second kappa shape index (κ2) is 8.23. The van der Waals surface area contributed by atoms with Crippen molar-refractivity contribution in [2.75, 3.05) is 10.6 Å². The van der Waals surface area contributed by atoms with Gasteiger partial charge in [0, 0.05) is 18.3 Å². The smallest absolute Gasteiger partial charge is 0.413 e. The number of amides is 2. The topological polar surface area (TPSA) is 93.2 Å². The van der Waals surface area contributed by atoms with Gasteiger partial charge in [-0.3, -0.25) is 15.1 Å². The van der Waals surface area contributed by atoms with E-state index in [1.807, 2.05) is 18.2 Å². The van der Waals surface area contributed by atoms with Gasteiger partial charge in [0.2, 0.25) is 5.91 Å². The summed E-state index contributed by atoms with van der Waals surface area (Å²) in [5, 5.41) is 5.29. The van der Waals surface area contributed by atoms with E-state index in [2.05, 4.69) is 20.6 Å². The average Bonchev–Trinajstić information content (AvgIpc) is 2.54. The Morgan fingerprint density at radius 1 is 1.08 bits per heavy atom. The highest BCUT2D eigenvalue weighted by Gasteiger charge is 2.16. The van der Waals surface area contributed by atoms with Gasteiger partial charge in [-0.25, -0.2) is 9.78 Å². The van der Waals surface area contributed by atoms with Gasteiger partial charge < -0.3 is 10.1 Å². The number of pyridine rings is 2. The molecule has 0 spiro atoms. The molecule has 2 rings (SSSR count). The second-order valence-corrected chi connectivity index (χ2v) is 6.43. The van der Waals surface area contributed by atoms with Crippen LogP contribution in [0.25, 0.3) is 0 Å². The maximum atomic E-state index is 11.9. The maximum Gasteiger partial charge on any atom is 0.413 e. The van der Waals surface area contributed by atoms with Crippen LogP contribution in [0.5, 0.6) is 0 Å². The Kier molecular flexibility index (Phi) is 6.05. The Balaban J connectivity index is 1.81. The predicted molar refractivity (Wildman–Crippen MR) is 95.3 cm³/mol. The van der Waals surface area contributed by atoms with Crippen LogP contribution >= 0.6 is 0 Å². The van der Waals surface area contributed by atoms with Crippen molar-refractivity contribution in [1.29, 1.82) is 0 Å². The fourth-order valence-electron chi connectivity index (χ4n) is 1.96. The lowest BCUT2D eigenvalue weighted by Crippen LogP contribution is -2.27. The van der Waals surface area contributed by atoms with Gasteiger partial charge in [0.25, 0.3) is 0 Å². The molecule has 0 atom stereocenters. The molecular weight excluding hydrogens is 320 g/mol. The lowest BCUT2D eigenvalue weighted by Gasteiger charge is -2.19. The van der Waals surface area contributed by atoms with Crippen LogP contribution in [0.3, 0.4) is 0 Å². The number of ether oxygens (including phenoxy) is 1. The van der Waals surface area contributed by atoms with Crippen LogP contribution in [-0.2, 0) is 16.0 Å². The molecule has 0 fully saturated rings. The Morgan fingerprint density at radius 2 is 1.88 bits per heavy atom. The van der Waals surface area contributed by atoms with E-state index in [0.29, 0.717) is 24.3 Å². The lowest BCUT2D eigenvalue weighted by atomic mass is 10.2. The summed E-state index contributed by atoms with van der Waals surface area (Å²) in [6.45, 7) is 5.34. The molecule has 25 heavy (non-hydrogen) atoms. The van der Waals surface area contributed by atoms with Crippen molar-refractivity contribution in [2.24, 2.45) is 0 Å². The van der Waals surface area contributed by atoms with E-state index < -0.39 is 11.7 Å². The molecule has 132 valence electrons. The number of hydrogen-bond acceptors (Lipinski definition) is 5. The second-order valence-electron chi connectivity index (χ2n) is 6.43. The van der Waals surface area contributed by atoms with Gasteiger partial charge in [-0.15, -0.1) is 0 Å². The fourth-order valence-corrected chi connectivity index (χ4v) is 1.96. The number of nitrogens with one attached hydrogen (secondary N) is 2. The molecular formula is C18H22N4O3. The third-order valence-electron chi connectivity index (χ3n) is 3.01. The first-order chi connectivity index (χ1) is 11.8. The van der Waals surface area contributed by atoms with Crippen molar-refractivity contribution >= 4 is 23.5 Å². The summed E-state index contributed by atoms with van der Waals surface area (Å²) in [5.41, 5.74) is 0.847. The molecule has 2 heterocycles. The molecule has 7 nitrogen and oxygen atoms in total. The summed E-state index contributed by atoms with van der Waals surface area (Å²) < 4.78 is 5.14. The standard InChI is InChI=1S/C18H22N4O3/c1-18(2,3)25-17(24)22-15-9-7-14(12-20-15)21-16(23)10-8-13-6-4-5-11-19-13/h4-7,9,11-12H,8,10H2,1-3H3,(H,21,23)(H,20,22,24). The number of aryl methyl sites for hydroxylation is 1. The van der Waals surface area contributed by atoms with Gasteiger partial charge in [0.05, 0.1) is 11.9 Å². The van der Waals surface area contributed by atoms with E-state index in [1.165, 1.54) is 6.20 Å². The summed E-state index contributed by atoms with van der Waals surface area (Å²) in [4.78, 5) is 31.9. The Labute approximate surface area is 146 Å². The molecule has 2 aromatic heterocycles. The summed E-state index contributed by atoms with van der Waals surface area (Å²) in [7, 11) is 0. The van der Waals surface area contributed by atoms with Gasteiger partial charge in [-0.1, -0.05) is 6.07 Å². The first-order valence-corrected chi connectivity index (χ1v) is 7.98. The normalized spacial score (nSPS) is 10.8. The van der Waals surface area contributed by atoms with E-state index in [9.17, 15) is 9.59 Å². The quantitative estimate of drug-likeness (QED) is 0.868. The van der Waals surface area contributed by atoms with Crippen LogP contribution in [0, 0.1) is 0 Å². The molecule has 0 aliphatic heterocycles. The third kappa shape index (κ3) is 6.99. The van der Waals surface area contributed by atoms with Crippen LogP contribution in [0.1, 0.15) is 32.9 Å². The van der Waals surface area contributed by atoms with E-state index in [0.717, 1.165) is 5.69 Å². The minimum Gasteiger partial charge on any atom is -0.444 e. The molecule has 0 unspecified atom stereocenters. The van der Waals surface area contributed by atoms with Gasteiger partial charge in [0.1, 0.15) is 11.4 Å². The van der Waals surface area contributed by atoms with Crippen molar-refractivity contribution in [1.82, 2.24) is 9.97 Å². The van der Waals surface area contributed by atoms with E-state index in [4.69, 9.17) is 4.74 Å². The molecule has 0 bridgehead atoms. The van der Waals surface area contributed by atoms with Crippen LogP contribution in [-0.4, -0.2) is 27.6 Å². The van der Waals surface area contributed by atoms with Crippen molar-refractivity contribution < 1.29 is 14.3 Å². The summed E-state index contributed by atoms with van der Waals surface area (Å²) in [5.74, 6) is 0.223. The first-order valence-electron chi connectivity index (χ1n) is 7.98. The zero-order valence-corrected chi connectivity index (χ0v) is 14.6. The fraction of sp³-hybridized carbons (Fsp3) is 0.333. The lowest BCUT2D eigenvalue weighted by molar-refractivity contribution is -0.116. The van der Waals surface area contributed by atoms with Crippen molar-refractivity contribution in [3.05, 3.63) is 48.4 Å². The number of hydrogen-bond donors (Lipinski definition) is 2. The number of aromatic nitrogens is 2. The van der Waals surface area contributed by atoms with Gasteiger partial charge in [-0.05, 0) is 51.5 Å². The molecule has 0 saturated heterocycles. The molecule has 0 radical (unpaired) electrons. The highest BCUT2D eigenvalue weighted by molar-refractivity contribution is 5.91. The number of anilines is 2. The van der Waals surface area contributed by atoms with Gasteiger partial charge in [-0.2, -0.15) is 0 Å². The van der Waals surface area contributed by atoms with E-state index in [-0.39, 0.29) is 5.91 Å².